The van der Waals surface area contributed by atoms with E-state index in [1.165, 1.54) is 0 Å². The van der Waals surface area contributed by atoms with Gasteiger partial charge in [0, 0.05) is 18.3 Å². The SMILES string of the molecule is CC[C@@H](C)N(Cc1cccc(OS(C)(=O)=O)c1)C(=O)Nc1ccc(OC)cc1. The quantitative estimate of drug-likeness (QED) is 0.673. The monoisotopic (exact) mass is 406 g/mol. The Bertz CT molecular complexity index is 897. The van der Waals surface area contributed by atoms with Gasteiger partial charge in [0.15, 0.2) is 0 Å². The first-order valence-corrected chi connectivity index (χ1v) is 10.7. The maximum atomic E-state index is 12.8. The predicted octanol–water partition coefficient (Wildman–Crippen LogP) is 3.87. The molecule has 152 valence electrons. The second kappa shape index (κ2) is 9.45. The van der Waals surface area contributed by atoms with Gasteiger partial charge in [-0.3, -0.25) is 0 Å². The molecule has 0 aromatic heterocycles. The van der Waals surface area contributed by atoms with Crippen LogP contribution in [0.3, 0.4) is 0 Å². The topological polar surface area (TPSA) is 84.9 Å². The summed E-state index contributed by atoms with van der Waals surface area (Å²) in [6.07, 6.45) is 1.77. The van der Waals surface area contributed by atoms with Gasteiger partial charge >= 0.3 is 16.1 Å². The molecule has 1 atom stereocenters. The highest BCUT2D eigenvalue weighted by Crippen LogP contribution is 2.20. The summed E-state index contributed by atoms with van der Waals surface area (Å²) in [6, 6.07) is 13.5. The van der Waals surface area contributed by atoms with Gasteiger partial charge in [0.1, 0.15) is 11.5 Å². The van der Waals surface area contributed by atoms with Crippen LogP contribution in [-0.2, 0) is 16.7 Å². The number of methoxy groups -OCH3 is 1. The molecule has 0 radical (unpaired) electrons. The molecule has 0 aliphatic heterocycles. The highest BCUT2D eigenvalue weighted by molar-refractivity contribution is 7.86. The van der Waals surface area contributed by atoms with E-state index < -0.39 is 10.1 Å². The summed E-state index contributed by atoms with van der Waals surface area (Å²) in [7, 11) is -2.03. The fourth-order valence-electron chi connectivity index (χ4n) is 2.58. The molecule has 7 nitrogen and oxygen atoms in total. The summed E-state index contributed by atoms with van der Waals surface area (Å²) >= 11 is 0. The Morgan fingerprint density at radius 1 is 1.14 bits per heavy atom. The molecule has 0 unspecified atom stereocenters. The van der Waals surface area contributed by atoms with Crippen LogP contribution in [0.5, 0.6) is 11.5 Å². The van der Waals surface area contributed by atoms with Crippen molar-refractivity contribution in [1.29, 1.82) is 0 Å². The van der Waals surface area contributed by atoms with Gasteiger partial charge in [-0.1, -0.05) is 19.1 Å². The van der Waals surface area contributed by atoms with Gasteiger partial charge in [-0.25, -0.2) is 4.79 Å². The van der Waals surface area contributed by atoms with Gasteiger partial charge in [-0.05, 0) is 55.3 Å². The number of hydrogen-bond donors (Lipinski definition) is 1. The minimum Gasteiger partial charge on any atom is -0.497 e. The van der Waals surface area contributed by atoms with Crippen molar-refractivity contribution in [3.63, 3.8) is 0 Å². The van der Waals surface area contributed by atoms with Gasteiger partial charge in [0.05, 0.1) is 13.4 Å². The molecule has 2 aromatic rings. The van der Waals surface area contributed by atoms with Crippen molar-refractivity contribution in [2.24, 2.45) is 0 Å². The lowest BCUT2D eigenvalue weighted by Gasteiger charge is -2.29. The van der Waals surface area contributed by atoms with Gasteiger partial charge in [0.2, 0.25) is 0 Å². The van der Waals surface area contributed by atoms with Crippen LogP contribution in [0, 0.1) is 0 Å². The Morgan fingerprint density at radius 2 is 1.82 bits per heavy atom. The number of ether oxygens (including phenoxy) is 1. The number of anilines is 1. The molecular weight excluding hydrogens is 380 g/mol. The van der Waals surface area contributed by atoms with Crippen LogP contribution in [0.25, 0.3) is 0 Å². The van der Waals surface area contributed by atoms with Crippen molar-refractivity contribution in [2.75, 3.05) is 18.7 Å². The highest BCUT2D eigenvalue weighted by Gasteiger charge is 2.20. The first-order chi connectivity index (χ1) is 13.2. The van der Waals surface area contributed by atoms with E-state index in [4.69, 9.17) is 8.92 Å². The van der Waals surface area contributed by atoms with Gasteiger partial charge in [-0.15, -0.1) is 0 Å². The van der Waals surface area contributed by atoms with E-state index in [1.807, 2.05) is 19.9 Å². The first kappa shape index (κ1) is 21.6. The Hall–Kier alpha value is -2.74. The molecule has 0 spiro atoms. The lowest BCUT2D eigenvalue weighted by Crippen LogP contribution is -2.40. The zero-order chi connectivity index (χ0) is 20.7. The number of amides is 2. The van der Waals surface area contributed by atoms with Crippen molar-refractivity contribution in [3.05, 3.63) is 54.1 Å². The summed E-state index contributed by atoms with van der Waals surface area (Å²) in [5.74, 6) is 0.930. The number of nitrogens with zero attached hydrogens (tertiary/aromatic N) is 1. The van der Waals surface area contributed by atoms with Crippen molar-refractivity contribution in [1.82, 2.24) is 4.90 Å². The normalized spacial score (nSPS) is 12.1. The van der Waals surface area contributed by atoms with E-state index in [9.17, 15) is 13.2 Å². The van der Waals surface area contributed by atoms with E-state index in [2.05, 4.69) is 5.32 Å². The summed E-state index contributed by atoms with van der Waals surface area (Å²) in [4.78, 5) is 14.5. The Balaban J connectivity index is 2.16. The maximum absolute atomic E-state index is 12.8. The number of carbonyl (C=O) groups excluding carboxylic acids is 1. The molecule has 1 N–H and O–H groups in total. The van der Waals surface area contributed by atoms with Crippen LogP contribution in [0.2, 0.25) is 0 Å². The second-order valence-corrected chi connectivity index (χ2v) is 8.05. The van der Waals surface area contributed by atoms with Crippen LogP contribution in [0.15, 0.2) is 48.5 Å². The van der Waals surface area contributed by atoms with Crippen LogP contribution in [-0.4, -0.2) is 38.8 Å². The maximum Gasteiger partial charge on any atom is 0.322 e. The number of benzene rings is 2. The van der Waals surface area contributed by atoms with E-state index >= 15 is 0 Å². The standard InChI is InChI=1S/C20H26N2O5S/c1-5-15(2)22(20(23)21-17-9-11-18(26-3)12-10-17)14-16-7-6-8-19(13-16)27-28(4,24)25/h6-13,15H,5,14H2,1-4H3,(H,21,23)/t15-/m1/s1. The van der Waals surface area contributed by atoms with Gasteiger partial charge < -0.3 is 19.1 Å². The summed E-state index contributed by atoms with van der Waals surface area (Å²) in [6.45, 7) is 4.28. The van der Waals surface area contributed by atoms with Crippen molar-refractivity contribution in [2.45, 2.75) is 32.9 Å². The number of hydrogen-bond acceptors (Lipinski definition) is 5. The van der Waals surface area contributed by atoms with E-state index in [1.54, 1.807) is 54.5 Å². The average molecular weight is 407 g/mol. The molecule has 2 amide bonds. The zero-order valence-corrected chi connectivity index (χ0v) is 17.3. The lowest BCUT2D eigenvalue weighted by atomic mass is 10.1. The molecule has 0 bridgehead atoms. The molecular formula is C20H26N2O5S. The fraction of sp³-hybridized carbons (Fsp3) is 0.350. The molecule has 0 saturated heterocycles. The number of carbonyl (C=O) groups is 1. The predicted molar refractivity (Wildman–Crippen MR) is 109 cm³/mol. The summed E-state index contributed by atoms with van der Waals surface area (Å²) in [5, 5.41) is 2.89. The van der Waals surface area contributed by atoms with Gasteiger partial charge in [0.25, 0.3) is 0 Å². The number of rotatable bonds is 8. The Labute approximate surface area is 166 Å². The Kier molecular flexibility index (Phi) is 7.28. The number of urea groups is 1. The van der Waals surface area contributed by atoms with E-state index in [-0.39, 0.29) is 17.8 Å². The van der Waals surface area contributed by atoms with Crippen molar-refractivity contribution >= 4 is 21.8 Å². The second-order valence-electron chi connectivity index (χ2n) is 6.48. The van der Waals surface area contributed by atoms with Crippen LogP contribution in [0.1, 0.15) is 25.8 Å². The molecule has 2 rings (SSSR count). The molecule has 28 heavy (non-hydrogen) atoms. The van der Waals surface area contributed by atoms with Crippen LogP contribution >= 0.6 is 0 Å². The minimum atomic E-state index is -3.61. The van der Waals surface area contributed by atoms with E-state index in [0.29, 0.717) is 18.0 Å². The third kappa shape index (κ3) is 6.45. The van der Waals surface area contributed by atoms with Crippen molar-refractivity contribution < 1.29 is 22.1 Å². The van der Waals surface area contributed by atoms with Crippen LogP contribution in [0.4, 0.5) is 10.5 Å². The fourth-order valence-corrected chi connectivity index (χ4v) is 3.04. The molecule has 2 aromatic carbocycles. The van der Waals surface area contributed by atoms with Gasteiger partial charge in [-0.2, -0.15) is 8.42 Å². The largest absolute Gasteiger partial charge is 0.497 e. The highest BCUT2D eigenvalue weighted by atomic mass is 32.2. The molecule has 0 saturated carbocycles. The summed E-state index contributed by atoms with van der Waals surface area (Å²) in [5.41, 5.74) is 1.43. The zero-order valence-electron chi connectivity index (χ0n) is 16.5. The summed E-state index contributed by atoms with van der Waals surface area (Å²) < 4.78 is 32.7. The van der Waals surface area contributed by atoms with Crippen molar-refractivity contribution in [3.8, 4) is 11.5 Å². The van der Waals surface area contributed by atoms with Crippen LogP contribution < -0.4 is 14.2 Å². The molecule has 0 aliphatic rings. The van der Waals surface area contributed by atoms with E-state index in [0.717, 1.165) is 18.2 Å². The third-order valence-corrected chi connectivity index (χ3v) is 4.72. The average Bonchev–Trinajstić information content (AvgIpc) is 2.65. The minimum absolute atomic E-state index is 0.0160. The molecule has 0 fully saturated rings. The Morgan fingerprint density at radius 3 is 2.39 bits per heavy atom. The molecule has 8 heteroatoms. The molecule has 0 aliphatic carbocycles. The third-order valence-electron chi connectivity index (χ3n) is 4.22. The molecule has 0 heterocycles. The smallest absolute Gasteiger partial charge is 0.322 e. The number of nitrogens with one attached hydrogen (secondary N) is 1. The first-order valence-electron chi connectivity index (χ1n) is 8.92. The lowest BCUT2D eigenvalue weighted by molar-refractivity contribution is 0.187.